The van der Waals surface area contributed by atoms with Gasteiger partial charge in [-0.1, -0.05) is 19.9 Å². The van der Waals surface area contributed by atoms with Gasteiger partial charge in [-0.15, -0.1) is 22.7 Å². The fourth-order valence-electron chi connectivity index (χ4n) is 3.36. The van der Waals surface area contributed by atoms with Crippen LogP contribution in [-0.4, -0.2) is 32.4 Å². The monoisotopic (exact) mass is 401 g/mol. The van der Waals surface area contributed by atoms with E-state index in [1.54, 1.807) is 11.3 Å². The van der Waals surface area contributed by atoms with Gasteiger partial charge in [0.05, 0.1) is 11.7 Å². The third kappa shape index (κ3) is 3.46. The van der Waals surface area contributed by atoms with Crippen LogP contribution in [0.1, 0.15) is 33.6 Å². The SMILES string of the molecule is CC(C)C(C)N(C(=O)Cn1cnc2scc(-c3cccs3)c2c1=O)C1CC1. The molecule has 0 N–H and O–H groups in total. The van der Waals surface area contributed by atoms with Crippen molar-refractivity contribution < 1.29 is 4.79 Å². The highest BCUT2D eigenvalue weighted by Gasteiger charge is 2.36. The molecule has 3 heterocycles. The van der Waals surface area contributed by atoms with Crippen LogP contribution in [0, 0.1) is 5.92 Å². The Morgan fingerprint density at radius 3 is 2.74 bits per heavy atom. The van der Waals surface area contributed by atoms with Crippen molar-refractivity contribution >= 4 is 38.8 Å². The molecular formula is C20H23N3O2S2. The Labute approximate surface area is 166 Å². The van der Waals surface area contributed by atoms with Gasteiger partial charge in [0.1, 0.15) is 11.4 Å². The quantitative estimate of drug-likeness (QED) is 0.621. The van der Waals surface area contributed by atoms with Crippen molar-refractivity contribution in [1.29, 1.82) is 0 Å². The van der Waals surface area contributed by atoms with Crippen LogP contribution in [-0.2, 0) is 11.3 Å². The summed E-state index contributed by atoms with van der Waals surface area (Å²) in [5, 5.41) is 4.60. The molecule has 5 nitrogen and oxygen atoms in total. The predicted molar refractivity (Wildman–Crippen MR) is 111 cm³/mol. The fourth-order valence-corrected chi connectivity index (χ4v) is 5.08. The van der Waals surface area contributed by atoms with E-state index < -0.39 is 0 Å². The van der Waals surface area contributed by atoms with E-state index in [0.29, 0.717) is 17.3 Å². The van der Waals surface area contributed by atoms with Crippen molar-refractivity contribution in [1.82, 2.24) is 14.5 Å². The largest absolute Gasteiger partial charge is 0.335 e. The van der Waals surface area contributed by atoms with Crippen LogP contribution in [0.15, 0.2) is 34.0 Å². The summed E-state index contributed by atoms with van der Waals surface area (Å²) in [6.45, 7) is 6.41. The highest BCUT2D eigenvalue weighted by Crippen LogP contribution is 2.34. The first-order valence-corrected chi connectivity index (χ1v) is 11.0. The average Bonchev–Trinajstić information content (AvgIpc) is 3.15. The third-order valence-electron chi connectivity index (χ3n) is 5.28. The highest BCUT2D eigenvalue weighted by molar-refractivity contribution is 7.18. The van der Waals surface area contributed by atoms with Gasteiger partial charge in [0.25, 0.3) is 5.56 Å². The van der Waals surface area contributed by atoms with Gasteiger partial charge in [0.2, 0.25) is 5.91 Å². The minimum absolute atomic E-state index is 0.00912. The van der Waals surface area contributed by atoms with Crippen molar-refractivity contribution in [2.75, 3.05) is 0 Å². The molecule has 3 aromatic heterocycles. The summed E-state index contributed by atoms with van der Waals surface area (Å²) in [5.41, 5.74) is 0.782. The second-order valence-corrected chi connectivity index (χ2v) is 9.31. The number of fused-ring (bicyclic) bond motifs is 1. The molecule has 1 saturated carbocycles. The Kier molecular flexibility index (Phi) is 4.90. The molecule has 0 bridgehead atoms. The second kappa shape index (κ2) is 7.20. The molecule has 0 aliphatic heterocycles. The van der Waals surface area contributed by atoms with Gasteiger partial charge in [-0.3, -0.25) is 14.2 Å². The smallest absolute Gasteiger partial charge is 0.263 e. The van der Waals surface area contributed by atoms with E-state index in [-0.39, 0.29) is 24.1 Å². The molecule has 1 aliphatic carbocycles. The van der Waals surface area contributed by atoms with Gasteiger partial charge >= 0.3 is 0 Å². The zero-order valence-corrected chi connectivity index (χ0v) is 17.3. The minimum Gasteiger partial charge on any atom is -0.335 e. The topological polar surface area (TPSA) is 55.2 Å². The molecule has 0 radical (unpaired) electrons. The van der Waals surface area contributed by atoms with Gasteiger partial charge in [-0.05, 0) is 37.1 Å². The van der Waals surface area contributed by atoms with Crippen LogP contribution < -0.4 is 5.56 Å². The van der Waals surface area contributed by atoms with Gasteiger partial charge in [0, 0.05) is 27.9 Å². The molecule has 7 heteroatoms. The molecule has 1 aliphatic rings. The van der Waals surface area contributed by atoms with E-state index in [1.165, 1.54) is 22.2 Å². The van der Waals surface area contributed by atoms with E-state index in [9.17, 15) is 9.59 Å². The number of amides is 1. The summed E-state index contributed by atoms with van der Waals surface area (Å²) in [6, 6.07) is 4.47. The number of thiophene rings is 2. The minimum atomic E-state index is -0.133. The number of hydrogen-bond acceptors (Lipinski definition) is 5. The van der Waals surface area contributed by atoms with Crippen molar-refractivity contribution in [2.24, 2.45) is 5.92 Å². The normalized spacial score (nSPS) is 15.4. The van der Waals surface area contributed by atoms with E-state index in [2.05, 4.69) is 25.8 Å². The zero-order valence-electron chi connectivity index (χ0n) is 15.7. The van der Waals surface area contributed by atoms with Crippen LogP contribution in [0.2, 0.25) is 0 Å². The molecule has 0 saturated heterocycles. The van der Waals surface area contributed by atoms with E-state index in [4.69, 9.17) is 0 Å². The number of aromatic nitrogens is 2. The molecule has 1 atom stereocenters. The zero-order chi connectivity index (χ0) is 19.1. The van der Waals surface area contributed by atoms with Gasteiger partial charge in [0.15, 0.2) is 0 Å². The van der Waals surface area contributed by atoms with Crippen LogP contribution >= 0.6 is 22.7 Å². The molecule has 1 amide bonds. The number of carbonyl (C=O) groups is 1. The Bertz CT molecular complexity index is 1020. The number of carbonyl (C=O) groups excluding carboxylic acids is 1. The van der Waals surface area contributed by atoms with Crippen LogP contribution in [0.5, 0.6) is 0 Å². The van der Waals surface area contributed by atoms with E-state index in [0.717, 1.165) is 28.1 Å². The molecule has 0 spiro atoms. The summed E-state index contributed by atoms with van der Waals surface area (Å²) in [5.74, 6) is 0.393. The molecule has 0 aromatic carbocycles. The molecule has 1 fully saturated rings. The average molecular weight is 402 g/mol. The van der Waals surface area contributed by atoms with Gasteiger partial charge in [-0.25, -0.2) is 4.98 Å². The molecule has 1 unspecified atom stereocenters. The summed E-state index contributed by atoms with van der Waals surface area (Å²) in [4.78, 5) is 34.3. The lowest BCUT2D eigenvalue weighted by atomic mass is 10.0. The van der Waals surface area contributed by atoms with E-state index >= 15 is 0 Å². The van der Waals surface area contributed by atoms with Crippen LogP contribution in [0.4, 0.5) is 0 Å². The summed E-state index contributed by atoms with van der Waals surface area (Å²) < 4.78 is 1.47. The lowest BCUT2D eigenvalue weighted by molar-refractivity contribution is -0.135. The number of nitrogens with zero attached hydrogens (tertiary/aromatic N) is 3. The number of rotatable bonds is 6. The van der Waals surface area contributed by atoms with E-state index in [1.807, 2.05) is 27.8 Å². The summed E-state index contributed by atoms with van der Waals surface area (Å²) in [7, 11) is 0. The van der Waals surface area contributed by atoms with Crippen LogP contribution in [0.3, 0.4) is 0 Å². The van der Waals surface area contributed by atoms with Crippen molar-refractivity contribution in [3.05, 3.63) is 39.6 Å². The third-order valence-corrected chi connectivity index (χ3v) is 7.07. The molecule has 3 aromatic rings. The highest BCUT2D eigenvalue weighted by atomic mass is 32.1. The van der Waals surface area contributed by atoms with Crippen molar-refractivity contribution in [2.45, 2.75) is 52.2 Å². The first-order valence-electron chi connectivity index (χ1n) is 9.29. The second-order valence-electron chi connectivity index (χ2n) is 7.50. The summed E-state index contributed by atoms with van der Waals surface area (Å²) >= 11 is 3.07. The molecular weight excluding hydrogens is 378 g/mol. The fraction of sp³-hybridized carbons (Fsp3) is 0.450. The maximum atomic E-state index is 13.1. The first kappa shape index (κ1) is 18.4. The Balaban J connectivity index is 1.68. The lowest BCUT2D eigenvalue weighted by Gasteiger charge is -2.32. The predicted octanol–water partition coefficient (Wildman–Crippen LogP) is 4.22. The molecule has 142 valence electrons. The van der Waals surface area contributed by atoms with Crippen LogP contribution in [0.25, 0.3) is 20.7 Å². The Morgan fingerprint density at radius 2 is 2.11 bits per heavy atom. The molecule has 4 rings (SSSR count). The summed E-state index contributed by atoms with van der Waals surface area (Å²) in [6.07, 6.45) is 3.63. The first-order chi connectivity index (χ1) is 13.0. The van der Waals surface area contributed by atoms with Gasteiger partial charge < -0.3 is 4.90 Å². The van der Waals surface area contributed by atoms with Gasteiger partial charge in [-0.2, -0.15) is 0 Å². The van der Waals surface area contributed by atoms with Crippen molar-refractivity contribution in [3.63, 3.8) is 0 Å². The Morgan fingerprint density at radius 1 is 1.33 bits per heavy atom. The standard InChI is InChI=1S/C20H23N3O2S2/c1-12(2)13(3)23(14-6-7-14)17(24)9-22-11-21-19-18(20(22)25)15(10-27-19)16-5-4-8-26-16/h4-5,8,10-14H,6-7,9H2,1-3H3. The Hall–Kier alpha value is -1.99. The maximum absolute atomic E-state index is 13.1. The maximum Gasteiger partial charge on any atom is 0.263 e. The molecule has 27 heavy (non-hydrogen) atoms. The van der Waals surface area contributed by atoms with Crippen molar-refractivity contribution in [3.8, 4) is 10.4 Å². The number of hydrogen-bond donors (Lipinski definition) is 0. The lowest BCUT2D eigenvalue weighted by Crippen LogP contribution is -2.45.